The van der Waals surface area contributed by atoms with Gasteiger partial charge in [0.2, 0.25) is 11.7 Å². The van der Waals surface area contributed by atoms with Gasteiger partial charge in [0.05, 0.1) is 45.3 Å². The number of carbonyl (C=O) groups excluding carboxylic acids is 2. The van der Waals surface area contributed by atoms with E-state index in [1.165, 1.54) is 53.6 Å². The highest BCUT2D eigenvalue weighted by Crippen LogP contribution is 2.49. The first-order valence-corrected chi connectivity index (χ1v) is 25.4. The van der Waals surface area contributed by atoms with Gasteiger partial charge in [0, 0.05) is 85.5 Å². The number of anilines is 3. The molecule has 0 radical (unpaired) electrons. The minimum atomic E-state index is -4.35. The van der Waals surface area contributed by atoms with Crippen LogP contribution in [0.1, 0.15) is 46.6 Å². The van der Waals surface area contributed by atoms with E-state index in [4.69, 9.17) is 43.4 Å². The molecule has 0 aliphatic carbocycles. The molecule has 73 heavy (non-hydrogen) atoms. The minimum Gasteiger partial charge on any atom is -0.480 e. The summed E-state index contributed by atoms with van der Waals surface area (Å²) in [6, 6.07) is 29.9. The van der Waals surface area contributed by atoms with Crippen molar-refractivity contribution in [3.05, 3.63) is 146 Å². The number of amides is 1. The summed E-state index contributed by atoms with van der Waals surface area (Å²) in [5.41, 5.74) is 4.77. The summed E-state index contributed by atoms with van der Waals surface area (Å²) in [6.07, 6.45) is -0.322. The molecule has 21 heteroatoms. The Morgan fingerprint density at radius 3 is 2.29 bits per heavy atom. The molecule has 0 unspecified atom stereocenters. The first kappa shape index (κ1) is 54.3. The van der Waals surface area contributed by atoms with E-state index in [-0.39, 0.29) is 39.7 Å². The van der Waals surface area contributed by atoms with Crippen LogP contribution in [0.5, 0.6) is 5.75 Å². The number of nitriles is 1. The zero-order valence-corrected chi connectivity index (χ0v) is 42.7. The molecule has 0 saturated carbocycles. The largest absolute Gasteiger partial charge is 0.480 e. The van der Waals surface area contributed by atoms with E-state index in [0.29, 0.717) is 41.4 Å². The number of carboxylic acids is 1. The molecule has 3 aromatic heterocycles. The van der Waals surface area contributed by atoms with Crippen LogP contribution in [0.2, 0.25) is 10.0 Å². The van der Waals surface area contributed by atoms with Gasteiger partial charge in [-0.05, 0) is 92.0 Å². The number of rotatable bonds is 14. The van der Waals surface area contributed by atoms with E-state index < -0.39 is 24.3 Å². The molecule has 5 heterocycles. The van der Waals surface area contributed by atoms with Gasteiger partial charge in [-0.1, -0.05) is 65.3 Å². The van der Waals surface area contributed by atoms with E-state index in [0.717, 1.165) is 71.6 Å². The van der Waals surface area contributed by atoms with Crippen molar-refractivity contribution in [2.24, 2.45) is 0 Å². The Morgan fingerprint density at radius 1 is 0.877 bits per heavy atom. The molecule has 2 aliphatic rings. The topological polar surface area (TPSA) is 168 Å². The number of β-amino-alcohol motifs (C(OH)–C–C–N with tert-alkyl or cyclic N) is 1. The molecule has 4 aromatic carbocycles. The molecule has 1 fully saturated rings. The third-order valence-electron chi connectivity index (χ3n) is 11.7. The van der Waals surface area contributed by atoms with Crippen LogP contribution in [0.25, 0.3) is 16.9 Å². The van der Waals surface area contributed by atoms with Crippen molar-refractivity contribution in [3.8, 4) is 23.1 Å². The van der Waals surface area contributed by atoms with Crippen LogP contribution in [0.15, 0.2) is 125 Å². The molecule has 0 atom stereocenters. The van der Waals surface area contributed by atoms with E-state index in [2.05, 4.69) is 26.0 Å². The summed E-state index contributed by atoms with van der Waals surface area (Å²) in [4.78, 5) is 49.5. The van der Waals surface area contributed by atoms with Gasteiger partial charge in [0.1, 0.15) is 22.4 Å². The van der Waals surface area contributed by atoms with Gasteiger partial charge < -0.3 is 29.6 Å². The van der Waals surface area contributed by atoms with Gasteiger partial charge in [0.25, 0.3) is 0 Å². The van der Waals surface area contributed by atoms with Gasteiger partial charge in [-0.2, -0.15) is 23.5 Å². The maximum absolute atomic E-state index is 13.3. The van der Waals surface area contributed by atoms with Crippen LogP contribution in [0.3, 0.4) is 0 Å². The number of halogens is 5. The first-order valence-electron chi connectivity index (χ1n) is 22.9. The number of alkyl halides is 3. The quantitative estimate of drug-likeness (QED) is 0.0989. The molecule has 0 spiro atoms. The SMILES string of the molecule is CCN(C(C)=O)c1cccc(-c2ccnc3c(C#N)cnn23)c1.O=C(O)COc1ccc(C(=O)c2cccs2)c(Cl)c1Cl.OCCN1CCN(CCCN2c3ccccc3Sc3ccc(C(F)(F)F)cc32)CC1. The number of aromatic nitrogens is 3. The fourth-order valence-corrected chi connectivity index (χ4v) is 10.4. The van der Waals surface area contributed by atoms with Gasteiger partial charge in [-0.3, -0.25) is 14.5 Å². The van der Waals surface area contributed by atoms with Gasteiger partial charge in [0.15, 0.2) is 12.3 Å². The zero-order valence-electron chi connectivity index (χ0n) is 39.6. The number of benzene rings is 4. The van der Waals surface area contributed by atoms with Gasteiger partial charge in [-0.25, -0.2) is 14.3 Å². The number of fused-ring (bicyclic) bond motifs is 3. The highest BCUT2D eigenvalue weighted by Gasteiger charge is 2.33. The van der Waals surface area contributed by atoms with Crippen molar-refractivity contribution in [1.82, 2.24) is 24.4 Å². The van der Waals surface area contributed by atoms with Crippen LogP contribution < -0.4 is 14.5 Å². The summed E-state index contributed by atoms with van der Waals surface area (Å²) < 4.78 is 46.6. The maximum Gasteiger partial charge on any atom is 0.416 e. The fourth-order valence-electron chi connectivity index (χ4n) is 8.18. The van der Waals surface area contributed by atoms with Crippen LogP contribution in [-0.4, -0.2) is 118 Å². The summed E-state index contributed by atoms with van der Waals surface area (Å²) in [7, 11) is 0. The lowest BCUT2D eigenvalue weighted by molar-refractivity contribution is -0.139. The van der Waals surface area contributed by atoms with Crippen molar-refractivity contribution in [3.63, 3.8) is 0 Å². The highest BCUT2D eigenvalue weighted by atomic mass is 35.5. The fraction of sp³-hybridized carbons (Fsp3) is 0.269. The minimum absolute atomic E-state index is 0.00428. The highest BCUT2D eigenvalue weighted by molar-refractivity contribution is 7.99. The summed E-state index contributed by atoms with van der Waals surface area (Å²) in [6.45, 7) is 9.85. The van der Waals surface area contributed by atoms with Crippen LogP contribution in [0.4, 0.5) is 30.2 Å². The number of para-hydroxylation sites is 1. The number of aliphatic carboxylic acids is 1. The second-order valence-corrected chi connectivity index (χ2v) is 19.2. The van der Waals surface area contributed by atoms with Crippen LogP contribution in [-0.2, 0) is 15.8 Å². The Balaban J connectivity index is 0.000000164. The number of thiophene rings is 1. The average molecular weight is 1070 g/mol. The molecule has 2 N–H and O–H groups in total. The lowest BCUT2D eigenvalue weighted by atomic mass is 10.1. The second kappa shape index (κ2) is 25.0. The number of aliphatic hydroxyl groups is 1. The van der Waals surface area contributed by atoms with E-state index in [1.54, 1.807) is 46.1 Å². The molecule has 380 valence electrons. The molecule has 1 saturated heterocycles. The van der Waals surface area contributed by atoms with E-state index >= 15 is 0 Å². The summed E-state index contributed by atoms with van der Waals surface area (Å²) >= 11 is 14.9. The standard InChI is InChI=1S/C22H26F3N3OS.C17H15N5O.C13H8Cl2O4S/c23-22(24,25)17-6-7-21-19(16-17)28(18-4-1-2-5-20(18)30-21)9-3-8-26-10-12-27(13-11-26)14-15-29;1-3-21(12(2)23)15-6-4-5-13(9-15)16-7-8-19-17-14(10-18)11-20-22(16)17;14-11-7(13(18)9-2-1-5-20-9)3-4-8(12(11)15)19-6-10(16)17/h1-2,4-7,16,29H,3,8-15H2;4-9,11H,3H2,1-2H3;1-5H,6H2,(H,16,17). The van der Waals surface area contributed by atoms with Crippen molar-refractivity contribution in [2.75, 3.05) is 75.4 Å². The Hall–Kier alpha value is -6.50. The predicted molar refractivity (Wildman–Crippen MR) is 278 cm³/mol. The second-order valence-electron chi connectivity index (χ2n) is 16.4. The monoisotopic (exact) mass is 1070 g/mol. The number of carboxylic acid groups (broad SMARTS) is 1. The third-order valence-corrected chi connectivity index (χ3v) is 14.6. The number of hydrogen-bond acceptors (Lipinski definition) is 13. The number of carbonyl (C=O) groups is 3. The Labute approximate surface area is 437 Å². The molecule has 7 aromatic rings. The van der Waals surface area contributed by atoms with Crippen LogP contribution in [0, 0.1) is 11.3 Å². The number of ether oxygens (including phenoxy) is 1. The lowest BCUT2D eigenvalue weighted by Crippen LogP contribution is -2.47. The number of piperazine rings is 1. The number of hydrogen-bond donors (Lipinski definition) is 2. The van der Waals surface area contributed by atoms with Gasteiger partial charge in [-0.15, -0.1) is 11.3 Å². The van der Waals surface area contributed by atoms with Gasteiger partial charge >= 0.3 is 12.1 Å². The zero-order chi connectivity index (χ0) is 52.2. The molecule has 9 rings (SSSR count). The molecule has 0 bridgehead atoms. The lowest BCUT2D eigenvalue weighted by Gasteiger charge is -2.36. The number of nitrogens with zero attached hydrogens (tertiary/aromatic N) is 8. The van der Waals surface area contributed by atoms with E-state index in [1.807, 2.05) is 66.4 Å². The molecule has 14 nitrogen and oxygen atoms in total. The average Bonchev–Trinajstić information content (AvgIpc) is 4.09. The molecule has 2 aliphatic heterocycles. The van der Waals surface area contributed by atoms with Crippen molar-refractivity contribution >= 4 is 86.7 Å². The smallest absolute Gasteiger partial charge is 0.416 e. The number of aliphatic hydroxyl groups excluding tert-OH is 1. The first-order chi connectivity index (χ1) is 35.1. The third kappa shape index (κ3) is 13.4. The summed E-state index contributed by atoms with van der Waals surface area (Å²) in [5.74, 6) is -1.25. The Kier molecular flexibility index (Phi) is 18.6. The Morgan fingerprint density at radius 2 is 1.62 bits per heavy atom. The van der Waals surface area contributed by atoms with Crippen molar-refractivity contribution < 1.29 is 42.5 Å². The normalized spacial score (nSPS) is 13.4. The predicted octanol–water partition coefficient (Wildman–Crippen LogP) is 10.7. The van der Waals surface area contributed by atoms with Crippen molar-refractivity contribution in [2.45, 2.75) is 36.2 Å². The Bertz CT molecular complexity index is 3110. The molecule has 1 amide bonds. The molecular weight excluding hydrogens is 1020 g/mol. The molecular formula is C52H49Cl2F3N8O6S2. The maximum atomic E-state index is 13.3. The van der Waals surface area contributed by atoms with Crippen LogP contribution >= 0.6 is 46.3 Å². The van der Waals surface area contributed by atoms with E-state index in [9.17, 15) is 27.6 Å². The van der Waals surface area contributed by atoms with Crippen molar-refractivity contribution in [1.29, 1.82) is 5.26 Å². The summed E-state index contributed by atoms with van der Waals surface area (Å²) in [5, 5.41) is 32.8. The number of ketones is 1.